The number of carbonyl (C=O) groups excluding carboxylic acids is 1. The fourth-order valence-corrected chi connectivity index (χ4v) is 8.89. The van der Waals surface area contributed by atoms with E-state index in [0.717, 1.165) is 29.9 Å². The maximum atomic E-state index is 13.6. The lowest BCUT2D eigenvalue weighted by atomic mass is 9.69. The summed E-state index contributed by atoms with van der Waals surface area (Å²) in [7, 11) is -3.70. The number of sulfonamides is 1. The van der Waals surface area contributed by atoms with Crippen molar-refractivity contribution in [2.75, 3.05) is 5.75 Å². The van der Waals surface area contributed by atoms with Gasteiger partial charge in [0.25, 0.3) is 5.91 Å². The molecule has 3 aliphatic rings. The van der Waals surface area contributed by atoms with Gasteiger partial charge in [-0.3, -0.25) is 4.79 Å². The Kier molecular flexibility index (Phi) is 4.87. The lowest BCUT2D eigenvalue weighted by Crippen LogP contribution is -2.53. The SMILES string of the molecule is CC(C)[C@H](C(=O)N1[C@H]2C[C@@H]3CC[C@@]2(CS1(=O)=O)C3(C)C)N(O)Cc1ccccc1. The first-order chi connectivity index (χ1) is 13.5. The number of hydroxylamine groups is 2. The van der Waals surface area contributed by atoms with Crippen LogP contribution in [0.15, 0.2) is 30.3 Å². The third-order valence-electron chi connectivity index (χ3n) is 8.02. The number of fused-ring (bicyclic) bond motifs is 1. The van der Waals surface area contributed by atoms with Crippen LogP contribution in [-0.2, 0) is 21.4 Å². The molecule has 3 fully saturated rings. The number of hydrogen-bond donors (Lipinski definition) is 1. The van der Waals surface area contributed by atoms with Crippen molar-refractivity contribution >= 4 is 15.9 Å². The summed E-state index contributed by atoms with van der Waals surface area (Å²) in [6, 6.07) is 8.23. The van der Waals surface area contributed by atoms with E-state index in [1.165, 1.54) is 4.31 Å². The highest BCUT2D eigenvalue weighted by molar-refractivity contribution is 7.90. The minimum atomic E-state index is -3.70. The molecule has 1 aliphatic heterocycles. The van der Waals surface area contributed by atoms with Gasteiger partial charge in [0.1, 0.15) is 6.04 Å². The molecule has 7 heteroatoms. The summed E-state index contributed by atoms with van der Waals surface area (Å²) < 4.78 is 27.6. The zero-order chi connectivity index (χ0) is 21.2. The molecule has 1 aromatic carbocycles. The molecule has 4 atom stereocenters. The van der Waals surface area contributed by atoms with Gasteiger partial charge < -0.3 is 5.21 Å². The molecule has 1 saturated heterocycles. The third-order valence-corrected chi connectivity index (χ3v) is 9.94. The molecule has 2 saturated carbocycles. The Balaban J connectivity index is 1.65. The summed E-state index contributed by atoms with van der Waals surface area (Å²) >= 11 is 0. The molecule has 6 nitrogen and oxygen atoms in total. The molecule has 160 valence electrons. The van der Waals surface area contributed by atoms with E-state index in [9.17, 15) is 18.4 Å². The summed E-state index contributed by atoms with van der Waals surface area (Å²) in [5, 5.41) is 11.8. The Morgan fingerprint density at radius 1 is 1.28 bits per heavy atom. The molecule has 29 heavy (non-hydrogen) atoms. The van der Waals surface area contributed by atoms with Crippen molar-refractivity contribution in [2.45, 2.75) is 65.6 Å². The van der Waals surface area contributed by atoms with Gasteiger partial charge in [0, 0.05) is 12.0 Å². The molecule has 2 bridgehead atoms. The maximum absolute atomic E-state index is 13.6. The Morgan fingerprint density at radius 2 is 1.93 bits per heavy atom. The fraction of sp³-hybridized carbons (Fsp3) is 0.682. The fourth-order valence-electron chi connectivity index (χ4n) is 6.34. The minimum absolute atomic E-state index is 0.0504. The van der Waals surface area contributed by atoms with E-state index >= 15 is 0 Å². The number of hydrogen-bond acceptors (Lipinski definition) is 5. The van der Waals surface area contributed by atoms with Crippen LogP contribution in [0, 0.1) is 22.7 Å². The van der Waals surface area contributed by atoms with Crippen molar-refractivity contribution in [2.24, 2.45) is 22.7 Å². The largest absolute Gasteiger partial charge is 0.313 e. The summed E-state index contributed by atoms with van der Waals surface area (Å²) in [4.78, 5) is 13.6. The molecule has 0 radical (unpaired) electrons. The predicted octanol–water partition coefficient (Wildman–Crippen LogP) is 3.27. The molecule has 0 unspecified atom stereocenters. The zero-order valence-corrected chi connectivity index (χ0v) is 18.5. The molecular formula is C22H32N2O4S. The van der Waals surface area contributed by atoms with Crippen molar-refractivity contribution < 1.29 is 18.4 Å². The standard InChI is InChI=1S/C22H32N2O4S/c1-15(2)19(23(26)13-16-8-6-5-7-9-16)20(25)24-18-12-17-10-11-22(18,21(17,3)4)14-29(24,27)28/h5-9,15,17-19,26H,10-14H2,1-4H3/t17-,18-,19+,22-/m0/s1. The highest BCUT2D eigenvalue weighted by Gasteiger charge is 2.72. The van der Waals surface area contributed by atoms with Gasteiger partial charge in [0.15, 0.2) is 0 Å². The van der Waals surface area contributed by atoms with Gasteiger partial charge >= 0.3 is 0 Å². The quantitative estimate of drug-likeness (QED) is 0.740. The van der Waals surface area contributed by atoms with Crippen molar-refractivity contribution in [3.8, 4) is 0 Å². The Hall–Kier alpha value is -1.44. The first-order valence-electron chi connectivity index (χ1n) is 10.6. The normalized spacial score (nSPS) is 32.7. The van der Waals surface area contributed by atoms with Crippen LogP contribution < -0.4 is 0 Å². The van der Waals surface area contributed by atoms with Gasteiger partial charge in [-0.15, -0.1) is 0 Å². The average molecular weight is 421 g/mol. The minimum Gasteiger partial charge on any atom is -0.313 e. The van der Waals surface area contributed by atoms with E-state index in [1.54, 1.807) is 0 Å². The molecule has 2 aliphatic carbocycles. The van der Waals surface area contributed by atoms with Crippen LogP contribution in [0.4, 0.5) is 0 Å². The van der Waals surface area contributed by atoms with Crippen molar-refractivity contribution in [1.82, 2.24) is 9.37 Å². The molecular weight excluding hydrogens is 388 g/mol. The van der Waals surface area contributed by atoms with Crippen molar-refractivity contribution in [3.05, 3.63) is 35.9 Å². The molecule has 1 amide bonds. The molecule has 0 aromatic heterocycles. The monoisotopic (exact) mass is 420 g/mol. The van der Waals surface area contributed by atoms with Crippen molar-refractivity contribution in [3.63, 3.8) is 0 Å². The molecule has 1 N–H and O–H groups in total. The number of amides is 1. The Morgan fingerprint density at radius 3 is 2.52 bits per heavy atom. The van der Waals surface area contributed by atoms with Crippen LogP contribution in [0.1, 0.15) is 52.5 Å². The summed E-state index contributed by atoms with van der Waals surface area (Å²) in [5.74, 6) is -0.210. The molecule has 1 heterocycles. The first kappa shape index (κ1) is 20.8. The van der Waals surface area contributed by atoms with Gasteiger partial charge in [0.05, 0.1) is 11.8 Å². The predicted molar refractivity (Wildman–Crippen MR) is 110 cm³/mol. The van der Waals surface area contributed by atoms with Gasteiger partial charge in [-0.1, -0.05) is 58.0 Å². The highest BCUT2D eigenvalue weighted by atomic mass is 32.2. The Labute approximate surface area is 173 Å². The number of benzene rings is 1. The lowest BCUT2D eigenvalue weighted by Gasteiger charge is -2.38. The third kappa shape index (κ3) is 2.96. The second kappa shape index (κ2) is 6.79. The average Bonchev–Trinajstić information content (AvgIpc) is 3.09. The van der Waals surface area contributed by atoms with Crippen LogP contribution in [-0.4, -0.2) is 46.7 Å². The lowest BCUT2D eigenvalue weighted by molar-refractivity contribution is -0.172. The smallest absolute Gasteiger partial charge is 0.256 e. The van der Waals surface area contributed by atoms with E-state index in [2.05, 4.69) is 13.8 Å². The van der Waals surface area contributed by atoms with Crippen LogP contribution >= 0.6 is 0 Å². The number of carbonyl (C=O) groups is 1. The maximum Gasteiger partial charge on any atom is 0.256 e. The first-order valence-corrected chi connectivity index (χ1v) is 12.2. The second-order valence-electron chi connectivity index (χ2n) is 10.0. The van der Waals surface area contributed by atoms with E-state index in [0.29, 0.717) is 5.92 Å². The number of rotatable bonds is 5. The number of nitrogens with zero attached hydrogens (tertiary/aromatic N) is 2. The summed E-state index contributed by atoms with van der Waals surface area (Å²) in [6.45, 7) is 8.21. The Bertz CT molecular complexity index is 899. The topological polar surface area (TPSA) is 77.9 Å². The molecule has 4 rings (SSSR count). The van der Waals surface area contributed by atoms with E-state index in [1.807, 2.05) is 44.2 Å². The molecule has 1 aromatic rings. The van der Waals surface area contributed by atoms with Crippen LogP contribution in [0.3, 0.4) is 0 Å². The van der Waals surface area contributed by atoms with Crippen LogP contribution in [0.2, 0.25) is 0 Å². The highest BCUT2D eigenvalue weighted by Crippen LogP contribution is 2.70. The van der Waals surface area contributed by atoms with Crippen molar-refractivity contribution in [1.29, 1.82) is 0 Å². The van der Waals surface area contributed by atoms with Crippen LogP contribution in [0.25, 0.3) is 0 Å². The zero-order valence-electron chi connectivity index (χ0n) is 17.7. The second-order valence-corrected chi connectivity index (χ2v) is 11.9. The summed E-state index contributed by atoms with van der Waals surface area (Å²) in [5.41, 5.74) is 0.430. The van der Waals surface area contributed by atoms with Gasteiger partial charge in [-0.2, -0.15) is 5.06 Å². The van der Waals surface area contributed by atoms with Gasteiger partial charge in [-0.25, -0.2) is 12.7 Å². The summed E-state index contributed by atoms with van der Waals surface area (Å²) in [6.07, 6.45) is 2.64. The molecule has 1 spiro atoms. The van der Waals surface area contributed by atoms with E-state index in [-0.39, 0.29) is 35.1 Å². The van der Waals surface area contributed by atoms with Gasteiger partial charge in [-0.05, 0) is 42.1 Å². The van der Waals surface area contributed by atoms with E-state index < -0.39 is 22.0 Å². The van der Waals surface area contributed by atoms with Crippen LogP contribution in [0.5, 0.6) is 0 Å². The van der Waals surface area contributed by atoms with E-state index in [4.69, 9.17) is 0 Å². The van der Waals surface area contributed by atoms with Gasteiger partial charge in [0.2, 0.25) is 10.0 Å².